The average Bonchev–Trinajstić information content (AvgIpc) is 3.39. The predicted molar refractivity (Wildman–Crippen MR) is 99.2 cm³/mol. The van der Waals surface area contributed by atoms with Gasteiger partial charge >= 0.3 is 0 Å². The van der Waals surface area contributed by atoms with E-state index in [2.05, 4.69) is 4.98 Å². The SMILES string of the molecule is O=S(=O)(c1cccc2c1OCC2)n1cc(C2CCCC2)c2ncccc21. The van der Waals surface area contributed by atoms with Gasteiger partial charge in [0.2, 0.25) is 0 Å². The van der Waals surface area contributed by atoms with Gasteiger partial charge in [-0.2, -0.15) is 0 Å². The van der Waals surface area contributed by atoms with Gasteiger partial charge in [-0.3, -0.25) is 4.98 Å². The number of nitrogens with zero attached hydrogens (tertiary/aromatic N) is 2. The molecule has 6 heteroatoms. The highest BCUT2D eigenvalue weighted by Gasteiger charge is 2.30. The molecule has 0 radical (unpaired) electrons. The third-order valence-electron chi connectivity index (χ3n) is 5.56. The van der Waals surface area contributed by atoms with Crippen molar-refractivity contribution in [3.05, 3.63) is 53.9 Å². The van der Waals surface area contributed by atoms with E-state index < -0.39 is 10.0 Å². The topological polar surface area (TPSA) is 61.2 Å². The summed E-state index contributed by atoms with van der Waals surface area (Å²) in [7, 11) is -3.75. The predicted octanol–water partition coefficient (Wildman–Crippen LogP) is 3.87. The second-order valence-electron chi connectivity index (χ2n) is 7.08. The van der Waals surface area contributed by atoms with Crippen molar-refractivity contribution in [3.8, 4) is 5.75 Å². The molecular weight excluding hydrogens is 348 g/mol. The van der Waals surface area contributed by atoms with E-state index in [0.29, 0.717) is 23.8 Å². The number of aromatic nitrogens is 2. The Labute approximate surface area is 152 Å². The second-order valence-corrected chi connectivity index (χ2v) is 8.86. The minimum absolute atomic E-state index is 0.242. The monoisotopic (exact) mass is 368 g/mol. The molecule has 1 aliphatic carbocycles. The lowest BCUT2D eigenvalue weighted by Gasteiger charge is -2.11. The molecule has 0 atom stereocenters. The molecule has 0 N–H and O–H groups in total. The zero-order valence-corrected chi connectivity index (χ0v) is 15.2. The van der Waals surface area contributed by atoms with Gasteiger partial charge in [0.05, 0.1) is 17.6 Å². The largest absolute Gasteiger partial charge is 0.492 e. The van der Waals surface area contributed by atoms with Crippen molar-refractivity contribution in [1.29, 1.82) is 0 Å². The fourth-order valence-electron chi connectivity index (χ4n) is 4.28. The normalized spacial score (nSPS) is 17.5. The van der Waals surface area contributed by atoms with Crippen LogP contribution in [0, 0.1) is 0 Å². The maximum absolute atomic E-state index is 13.5. The minimum atomic E-state index is -3.75. The van der Waals surface area contributed by atoms with Crippen LogP contribution in [0.5, 0.6) is 5.75 Å². The summed E-state index contributed by atoms with van der Waals surface area (Å²) in [5, 5.41) is 0. The van der Waals surface area contributed by atoms with Crippen molar-refractivity contribution in [1.82, 2.24) is 8.96 Å². The van der Waals surface area contributed by atoms with Crippen LogP contribution in [0.25, 0.3) is 11.0 Å². The molecule has 2 aromatic heterocycles. The summed E-state index contributed by atoms with van der Waals surface area (Å²) in [4.78, 5) is 4.75. The van der Waals surface area contributed by atoms with Crippen molar-refractivity contribution in [2.75, 3.05) is 6.61 Å². The van der Waals surface area contributed by atoms with E-state index in [0.717, 1.165) is 35.9 Å². The molecule has 0 amide bonds. The molecule has 1 aromatic carbocycles. The molecule has 3 heterocycles. The molecule has 3 aromatic rings. The molecule has 26 heavy (non-hydrogen) atoms. The molecule has 5 rings (SSSR count). The standard InChI is InChI=1S/C20H20N2O3S/c23-26(24,18-9-3-7-15-10-12-25-20(15)18)22-13-16(14-5-1-2-6-14)19-17(22)8-4-11-21-19/h3-4,7-9,11,13-14H,1-2,5-6,10,12H2. The van der Waals surface area contributed by atoms with Crippen LogP contribution in [-0.2, 0) is 16.4 Å². The van der Waals surface area contributed by atoms with E-state index in [-0.39, 0.29) is 4.90 Å². The molecule has 1 aliphatic heterocycles. The molecular formula is C20H20N2O3S. The van der Waals surface area contributed by atoms with Crippen molar-refractivity contribution in [2.24, 2.45) is 0 Å². The average molecular weight is 368 g/mol. The lowest BCUT2D eigenvalue weighted by molar-refractivity contribution is 0.348. The zero-order valence-electron chi connectivity index (χ0n) is 14.4. The third-order valence-corrected chi connectivity index (χ3v) is 7.26. The van der Waals surface area contributed by atoms with Gasteiger partial charge in [0.15, 0.2) is 0 Å². The van der Waals surface area contributed by atoms with E-state index in [1.165, 1.54) is 16.8 Å². The zero-order chi connectivity index (χ0) is 17.7. The van der Waals surface area contributed by atoms with Crippen LogP contribution in [0.1, 0.15) is 42.7 Å². The Kier molecular flexibility index (Phi) is 3.57. The van der Waals surface area contributed by atoms with Gasteiger partial charge in [-0.15, -0.1) is 0 Å². The van der Waals surface area contributed by atoms with Gasteiger partial charge in [-0.1, -0.05) is 25.0 Å². The first kappa shape index (κ1) is 15.9. The first-order valence-electron chi connectivity index (χ1n) is 9.12. The Hall–Kier alpha value is -2.34. The van der Waals surface area contributed by atoms with Gasteiger partial charge in [0.25, 0.3) is 10.0 Å². The lowest BCUT2D eigenvalue weighted by atomic mass is 10.00. The van der Waals surface area contributed by atoms with E-state index in [1.54, 1.807) is 30.6 Å². The van der Waals surface area contributed by atoms with E-state index in [9.17, 15) is 8.42 Å². The highest BCUT2D eigenvalue weighted by molar-refractivity contribution is 7.90. The fraction of sp³-hybridized carbons (Fsp3) is 0.350. The maximum Gasteiger partial charge on any atom is 0.271 e. The van der Waals surface area contributed by atoms with Gasteiger partial charge < -0.3 is 4.74 Å². The summed E-state index contributed by atoms with van der Waals surface area (Å²) in [5.41, 5.74) is 3.45. The van der Waals surface area contributed by atoms with Crippen LogP contribution in [0.15, 0.2) is 47.6 Å². The van der Waals surface area contributed by atoms with Crippen LogP contribution in [0.3, 0.4) is 0 Å². The Morgan fingerprint density at radius 1 is 1.12 bits per heavy atom. The number of benzene rings is 1. The Morgan fingerprint density at radius 3 is 2.81 bits per heavy atom. The molecule has 5 nitrogen and oxygen atoms in total. The number of hydrogen-bond acceptors (Lipinski definition) is 4. The molecule has 1 saturated carbocycles. The Balaban J connectivity index is 1.73. The molecule has 0 unspecified atom stereocenters. The second kappa shape index (κ2) is 5.84. The third kappa shape index (κ3) is 2.28. The summed E-state index contributed by atoms with van der Waals surface area (Å²) in [5.74, 6) is 0.891. The van der Waals surface area contributed by atoms with Crippen LogP contribution in [-0.4, -0.2) is 24.0 Å². The number of pyridine rings is 1. The number of ether oxygens (including phenoxy) is 1. The molecule has 0 bridgehead atoms. The first-order valence-corrected chi connectivity index (χ1v) is 10.6. The highest BCUT2D eigenvalue weighted by atomic mass is 32.2. The quantitative estimate of drug-likeness (QED) is 0.704. The molecule has 2 aliphatic rings. The smallest absolute Gasteiger partial charge is 0.271 e. The van der Waals surface area contributed by atoms with E-state index in [4.69, 9.17) is 4.74 Å². The van der Waals surface area contributed by atoms with Crippen molar-refractivity contribution >= 4 is 21.1 Å². The van der Waals surface area contributed by atoms with Crippen molar-refractivity contribution < 1.29 is 13.2 Å². The number of para-hydroxylation sites is 1. The molecule has 134 valence electrons. The van der Waals surface area contributed by atoms with Gasteiger partial charge in [0.1, 0.15) is 10.6 Å². The maximum atomic E-state index is 13.5. The minimum Gasteiger partial charge on any atom is -0.492 e. The molecule has 0 spiro atoms. The fourth-order valence-corrected chi connectivity index (χ4v) is 5.83. The number of hydrogen-bond donors (Lipinski definition) is 0. The van der Waals surface area contributed by atoms with Gasteiger partial charge in [-0.05, 0) is 42.5 Å². The van der Waals surface area contributed by atoms with Crippen molar-refractivity contribution in [3.63, 3.8) is 0 Å². The Morgan fingerprint density at radius 2 is 1.96 bits per heavy atom. The lowest BCUT2D eigenvalue weighted by Crippen LogP contribution is -2.13. The summed E-state index contributed by atoms with van der Waals surface area (Å²) in [6, 6.07) is 8.99. The van der Waals surface area contributed by atoms with Gasteiger partial charge in [-0.25, -0.2) is 12.4 Å². The summed E-state index contributed by atoms with van der Waals surface area (Å²) >= 11 is 0. The number of rotatable bonds is 3. The molecule has 0 saturated heterocycles. The summed E-state index contributed by atoms with van der Waals surface area (Å²) in [6.45, 7) is 0.531. The van der Waals surface area contributed by atoms with Crippen LogP contribution in [0.2, 0.25) is 0 Å². The Bertz CT molecular complexity index is 1100. The summed E-state index contributed by atoms with van der Waals surface area (Å²) in [6.07, 6.45) is 8.85. The van der Waals surface area contributed by atoms with Crippen LogP contribution >= 0.6 is 0 Å². The van der Waals surface area contributed by atoms with Crippen LogP contribution in [0.4, 0.5) is 0 Å². The number of fused-ring (bicyclic) bond motifs is 2. The highest BCUT2D eigenvalue weighted by Crippen LogP contribution is 2.40. The van der Waals surface area contributed by atoms with Crippen LogP contribution < -0.4 is 4.74 Å². The van der Waals surface area contributed by atoms with Crippen molar-refractivity contribution in [2.45, 2.75) is 42.9 Å². The molecule has 1 fully saturated rings. The first-order chi connectivity index (χ1) is 12.7. The van der Waals surface area contributed by atoms with E-state index in [1.807, 2.05) is 12.1 Å². The van der Waals surface area contributed by atoms with Gasteiger partial charge in [0, 0.05) is 24.4 Å². The summed E-state index contributed by atoms with van der Waals surface area (Å²) < 4.78 is 34.0. The van der Waals surface area contributed by atoms with E-state index >= 15 is 0 Å².